The minimum Gasteiger partial charge on any atom is -0.286 e. The summed E-state index contributed by atoms with van der Waals surface area (Å²) in [5.74, 6) is -0.176. The highest BCUT2D eigenvalue weighted by Crippen LogP contribution is 2.28. The van der Waals surface area contributed by atoms with Gasteiger partial charge in [-0.3, -0.25) is 9.69 Å². The van der Waals surface area contributed by atoms with Crippen molar-refractivity contribution in [3.8, 4) is 0 Å². The minimum atomic E-state index is -3.88. The number of amidine groups is 1. The number of amides is 1. The summed E-state index contributed by atoms with van der Waals surface area (Å²) in [6, 6.07) is 5.71. The largest absolute Gasteiger partial charge is 0.286 e. The zero-order chi connectivity index (χ0) is 15.6. The molecule has 1 heterocycles. The first-order valence-electron chi connectivity index (χ1n) is 6.04. The molecular formula is C13H13ClN2O3S2. The molecule has 1 saturated heterocycles. The van der Waals surface area contributed by atoms with Crippen LogP contribution < -0.4 is 0 Å². The van der Waals surface area contributed by atoms with Crippen molar-refractivity contribution in [3.63, 3.8) is 0 Å². The monoisotopic (exact) mass is 344 g/mol. The SMILES string of the molecule is C=CCN1C(=O)C(C)S/C1=N\S(=O)(=O)c1ccc(Cl)cc1. The molecule has 1 aromatic carbocycles. The third-order valence-electron chi connectivity index (χ3n) is 2.75. The Labute approximate surface area is 132 Å². The Morgan fingerprint density at radius 2 is 2.05 bits per heavy atom. The van der Waals surface area contributed by atoms with E-state index in [-0.39, 0.29) is 27.8 Å². The van der Waals surface area contributed by atoms with E-state index in [0.29, 0.717) is 5.02 Å². The molecule has 5 nitrogen and oxygen atoms in total. The smallest absolute Gasteiger partial charge is 0.284 e. The number of rotatable bonds is 4. The predicted molar refractivity (Wildman–Crippen MR) is 85.0 cm³/mol. The van der Waals surface area contributed by atoms with Gasteiger partial charge in [0.05, 0.1) is 10.1 Å². The number of nitrogens with zero attached hydrogens (tertiary/aromatic N) is 2. The van der Waals surface area contributed by atoms with Gasteiger partial charge in [-0.1, -0.05) is 29.4 Å². The van der Waals surface area contributed by atoms with Crippen LogP contribution in [0.15, 0.2) is 46.2 Å². The molecule has 0 saturated carbocycles. The van der Waals surface area contributed by atoms with Gasteiger partial charge in [-0.05, 0) is 31.2 Å². The van der Waals surface area contributed by atoms with Gasteiger partial charge in [0.1, 0.15) is 0 Å². The first-order valence-corrected chi connectivity index (χ1v) is 8.74. The number of sulfonamides is 1. The predicted octanol–water partition coefficient (Wildman–Crippen LogP) is 2.53. The summed E-state index contributed by atoms with van der Waals surface area (Å²) in [6.07, 6.45) is 1.53. The first-order chi connectivity index (χ1) is 9.85. The molecular weight excluding hydrogens is 332 g/mol. The quantitative estimate of drug-likeness (QED) is 0.787. The molecule has 0 bridgehead atoms. The van der Waals surface area contributed by atoms with E-state index in [9.17, 15) is 13.2 Å². The molecule has 0 spiro atoms. The fourth-order valence-corrected chi connectivity index (χ4v) is 4.03. The van der Waals surface area contributed by atoms with Gasteiger partial charge in [0, 0.05) is 11.6 Å². The van der Waals surface area contributed by atoms with Crippen LogP contribution >= 0.6 is 23.4 Å². The zero-order valence-electron chi connectivity index (χ0n) is 11.2. The summed E-state index contributed by atoms with van der Waals surface area (Å²) in [7, 11) is -3.88. The number of benzene rings is 1. The van der Waals surface area contributed by atoms with Gasteiger partial charge in [0.15, 0.2) is 5.17 Å². The fraction of sp³-hybridized carbons (Fsp3) is 0.231. The maximum atomic E-state index is 12.3. The summed E-state index contributed by atoms with van der Waals surface area (Å²) in [5.41, 5.74) is 0. The number of hydrogen-bond acceptors (Lipinski definition) is 4. The summed E-state index contributed by atoms with van der Waals surface area (Å²) in [4.78, 5) is 13.3. The van der Waals surface area contributed by atoms with Crippen molar-refractivity contribution in [2.24, 2.45) is 4.40 Å². The number of thioether (sulfide) groups is 1. The second-order valence-electron chi connectivity index (χ2n) is 4.30. The van der Waals surface area contributed by atoms with E-state index in [4.69, 9.17) is 11.6 Å². The maximum absolute atomic E-state index is 12.3. The van der Waals surface area contributed by atoms with Gasteiger partial charge in [-0.25, -0.2) is 0 Å². The molecule has 0 aromatic heterocycles. The van der Waals surface area contributed by atoms with Gasteiger partial charge >= 0.3 is 0 Å². The summed E-state index contributed by atoms with van der Waals surface area (Å²) in [6.45, 7) is 5.50. The van der Waals surface area contributed by atoms with E-state index in [1.54, 1.807) is 6.92 Å². The highest BCUT2D eigenvalue weighted by atomic mass is 35.5. The van der Waals surface area contributed by atoms with Crippen molar-refractivity contribution in [1.82, 2.24) is 4.90 Å². The van der Waals surface area contributed by atoms with E-state index >= 15 is 0 Å². The number of carbonyl (C=O) groups is 1. The van der Waals surface area contributed by atoms with E-state index in [2.05, 4.69) is 11.0 Å². The lowest BCUT2D eigenvalue weighted by atomic mass is 10.4. The third-order valence-corrected chi connectivity index (χ3v) is 5.47. The Kier molecular flexibility index (Phi) is 4.75. The van der Waals surface area contributed by atoms with Crippen LogP contribution in [0.25, 0.3) is 0 Å². The van der Waals surface area contributed by atoms with Crippen LogP contribution in [-0.4, -0.2) is 36.2 Å². The fourth-order valence-electron chi connectivity index (χ4n) is 1.72. The van der Waals surface area contributed by atoms with E-state index < -0.39 is 10.0 Å². The summed E-state index contributed by atoms with van der Waals surface area (Å²) in [5, 5.41) is 0.250. The van der Waals surface area contributed by atoms with Crippen LogP contribution in [0.3, 0.4) is 0 Å². The van der Waals surface area contributed by atoms with Crippen LogP contribution in [-0.2, 0) is 14.8 Å². The first kappa shape index (κ1) is 16.1. The Hall–Kier alpha value is -1.31. The molecule has 0 radical (unpaired) electrons. The molecule has 1 aliphatic rings. The van der Waals surface area contributed by atoms with Gasteiger partial charge in [0.2, 0.25) is 5.91 Å². The second kappa shape index (κ2) is 6.21. The number of halogens is 1. The molecule has 8 heteroatoms. The topological polar surface area (TPSA) is 66.8 Å². The maximum Gasteiger partial charge on any atom is 0.284 e. The zero-order valence-corrected chi connectivity index (χ0v) is 13.6. The summed E-state index contributed by atoms with van der Waals surface area (Å²) >= 11 is 6.86. The molecule has 21 heavy (non-hydrogen) atoms. The van der Waals surface area contributed by atoms with Gasteiger partial charge in [-0.15, -0.1) is 11.0 Å². The minimum absolute atomic E-state index is 0.0329. The molecule has 1 aromatic rings. The Morgan fingerprint density at radius 3 is 2.62 bits per heavy atom. The van der Waals surface area contributed by atoms with Crippen molar-refractivity contribution in [2.45, 2.75) is 17.1 Å². The Bertz CT molecular complexity index is 699. The van der Waals surface area contributed by atoms with Crippen LogP contribution in [0.5, 0.6) is 0 Å². The Balaban J connectivity index is 2.39. The molecule has 0 N–H and O–H groups in total. The molecule has 0 aliphatic carbocycles. The highest BCUT2D eigenvalue weighted by molar-refractivity contribution is 8.16. The van der Waals surface area contributed by atoms with Crippen LogP contribution in [0, 0.1) is 0 Å². The van der Waals surface area contributed by atoms with Gasteiger partial charge < -0.3 is 0 Å². The van der Waals surface area contributed by atoms with Crippen molar-refractivity contribution >= 4 is 44.5 Å². The standard InChI is InChI=1S/C13H13ClN2O3S2/c1-3-8-16-12(17)9(2)20-13(16)15-21(18,19)11-6-4-10(14)5-7-11/h3-7,9H,1,8H2,2H3/b15-13-. The van der Waals surface area contributed by atoms with Gasteiger partial charge in [0.25, 0.3) is 10.0 Å². The average Bonchev–Trinajstić information content (AvgIpc) is 2.67. The molecule has 1 unspecified atom stereocenters. The lowest BCUT2D eigenvalue weighted by molar-refractivity contribution is -0.125. The second-order valence-corrected chi connectivity index (χ2v) is 7.65. The van der Waals surface area contributed by atoms with Crippen molar-refractivity contribution in [3.05, 3.63) is 41.9 Å². The molecule has 1 atom stereocenters. The summed E-state index contributed by atoms with van der Waals surface area (Å²) < 4.78 is 28.3. The lowest BCUT2D eigenvalue weighted by Gasteiger charge is -2.13. The molecule has 112 valence electrons. The molecule has 1 aliphatic heterocycles. The van der Waals surface area contributed by atoms with Crippen molar-refractivity contribution < 1.29 is 13.2 Å². The van der Waals surface area contributed by atoms with E-state index in [0.717, 1.165) is 11.8 Å². The molecule has 1 fully saturated rings. The number of hydrogen-bond donors (Lipinski definition) is 0. The van der Waals surface area contributed by atoms with Gasteiger partial charge in [-0.2, -0.15) is 8.42 Å². The third kappa shape index (κ3) is 3.48. The van der Waals surface area contributed by atoms with Crippen LogP contribution in [0.2, 0.25) is 5.02 Å². The average molecular weight is 345 g/mol. The number of carbonyl (C=O) groups excluding carboxylic acids is 1. The highest BCUT2D eigenvalue weighted by Gasteiger charge is 2.35. The lowest BCUT2D eigenvalue weighted by Crippen LogP contribution is -2.31. The Morgan fingerprint density at radius 1 is 1.43 bits per heavy atom. The van der Waals surface area contributed by atoms with Crippen LogP contribution in [0.4, 0.5) is 0 Å². The van der Waals surface area contributed by atoms with E-state index in [1.807, 2.05) is 0 Å². The normalized spacial score (nSPS) is 21.0. The van der Waals surface area contributed by atoms with Crippen molar-refractivity contribution in [2.75, 3.05) is 6.54 Å². The van der Waals surface area contributed by atoms with E-state index in [1.165, 1.54) is 35.2 Å². The molecule has 2 rings (SSSR count). The van der Waals surface area contributed by atoms with Crippen LogP contribution in [0.1, 0.15) is 6.92 Å². The van der Waals surface area contributed by atoms with Crippen molar-refractivity contribution in [1.29, 1.82) is 0 Å². The molecule has 1 amide bonds.